The van der Waals surface area contributed by atoms with Crippen molar-refractivity contribution in [2.24, 2.45) is 0 Å². The van der Waals surface area contributed by atoms with Gasteiger partial charge in [-0.3, -0.25) is 9.48 Å². The molecule has 31 heavy (non-hydrogen) atoms. The molecule has 0 fully saturated rings. The first-order valence-electron chi connectivity index (χ1n) is 9.38. The zero-order chi connectivity index (χ0) is 22.2. The van der Waals surface area contributed by atoms with Crippen LogP contribution >= 0.6 is 0 Å². The third kappa shape index (κ3) is 5.64. The van der Waals surface area contributed by atoms with Gasteiger partial charge >= 0.3 is 5.97 Å². The van der Waals surface area contributed by atoms with E-state index in [1.54, 1.807) is 53.4 Å². The summed E-state index contributed by atoms with van der Waals surface area (Å²) in [5.74, 6) is -1.19. The molecular weight excluding hydrogens is 399 g/mol. The number of hydrogen-bond donors (Lipinski definition) is 1. The zero-order valence-electron chi connectivity index (χ0n) is 16.7. The van der Waals surface area contributed by atoms with Crippen LogP contribution in [0.15, 0.2) is 60.8 Å². The molecule has 3 aromatic rings. The van der Waals surface area contributed by atoms with Gasteiger partial charge in [-0.2, -0.15) is 10.4 Å². The molecule has 2 aromatic carbocycles. The molecular formula is C23H19FN4O3. The van der Waals surface area contributed by atoms with E-state index in [9.17, 15) is 14.0 Å². The number of rotatable bonds is 7. The highest BCUT2D eigenvalue weighted by atomic mass is 19.1. The molecule has 0 unspecified atom stereocenters. The Bertz CT molecular complexity index is 1140. The van der Waals surface area contributed by atoms with E-state index in [4.69, 9.17) is 5.26 Å². The number of carbonyl (C=O) groups is 2. The van der Waals surface area contributed by atoms with Gasteiger partial charge in [0.2, 0.25) is 5.91 Å². The molecule has 0 bridgehead atoms. The molecule has 0 aliphatic rings. The number of nitriles is 1. The van der Waals surface area contributed by atoms with Gasteiger partial charge in [0.25, 0.3) is 0 Å². The third-order valence-electron chi connectivity index (χ3n) is 4.35. The van der Waals surface area contributed by atoms with Crippen LogP contribution in [0.4, 0.5) is 10.1 Å². The summed E-state index contributed by atoms with van der Waals surface area (Å²) in [6, 6.07) is 14.2. The van der Waals surface area contributed by atoms with E-state index in [0.29, 0.717) is 34.6 Å². The SMILES string of the molecule is COC(=O)c1ccc(NC(=O)C=Cc2cn(CCC#N)nc2-c2ccc(F)cc2)cc1. The van der Waals surface area contributed by atoms with Gasteiger partial charge in [0, 0.05) is 29.1 Å². The largest absolute Gasteiger partial charge is 0.465 e. The summed E-state index contributed by atoms with van der Waals surface area (Å²) >= 11 is 0. The van der Waals surface area contributed by atoms with Gasteiger partial charge in [-0.1, -0.05) is 0 Å². The van der Waals surface area contributed by atoms with Crippen LogP contribution in [0.25, 0.3) is 17.3 Å². The molecule has 0 spiro atoms. The molecule has 1 N–H and O–H groups in total. The molecule has 0 saturated carbocycles. The number of nitrogens with zero attached hydrogens (tertiary/aromatic N) is 3. The summed E-state index contributed by atoms with van der Waals surface area (Å²) in [4.78, 5) is 23.8. The molecule has 0 aliphatic carbocycles. The standard InChI is InChI=1S/C23H19FN4O3/c1-31-23(30)17-5-10-20(11-6-17)26-21(29)12-7-18-15-28(14-2-13-25)27-22(18)16-3-8-19(24)9-4-16/h3-12,15H,2,14H2,1H3,(H,26,29). The summed E-state index contributed by atoms with van der Waals surface area (Å²) in [5.41, 5.74) is 2.82. The van der Waals surface area contributed by atoms with Crippen molar-refractivity contribution in [3.63, 3.8) is 0 Å². The number of ether oxygens (including phenoxy) is 1. The summed E-state index contributed by atoms with van der Waals surface area (Å²) < 4.78 is 19.5. The molecule has 3 rings (SSSR count). The minimum absolute atomic E-state index is 0.287. The summed E-state index contributed by atoms with van der Waals surface area (Å²) in [5, 5.41) is 16.0. The third-order valence-corrected chi connectivity index (χ3v) is 4.35. The van der Waals surface area contributed by atoms with Crippen LogP contribution in [0.1, 0.15) is 22.3 Å². The van der Waals surface area contributed by atoms with Crippen molar-refractivity contribution in [1.82, 2.24) is 9.78 Å². The zero-order valence-corrected chi connectivity index (χ0v) is 16.7. The molecule has 1 aromatic heterocycles. The van der Waals surface area contributed by atoms with Gasteiger partial charge in [-0.05, 0) is 54.6 Å². The van der Waals surface area contributed by atoms with Gasteiger partial charge in [0.1, 0.15) is 5.82 Å². The maximum absolute atomic E-state index is 13.3. The van der Waals surface area contributed by atoms with Crippen LogP contribution in [0.2, 0.25) is 0 Å². The predicted octanol–water partition coefficient (Wildman–Crippen LogP) is 4.04. The number of esters is 1. The van der Waals surface area contributed by atoms with Gasteiger partial charge in [-0.25, -0.2) is 9.18 Å². The highest BCUT2D eigenvalue weighted by Crippen LogP contribution is 2.24. The second kappa shape index (κ2) is 9.98. The molecule has 0 aliphatic heterocycles. The highest BCUT2D eigenvalue weighted by Gasteiger charge is 2.11. The number of halogens is 1. The summed E-state index contributed by atoms with van der Waals surface area (Å²) in [6.45, 7) is 0.400. The van der Waals surface area contributed by atoms with E-state index in [1.165, 1.54) is 25.3 Å². The second-order valence-electron chi connectivity index (χ2n) is 6.50. The first kappa shape index (κ1) is 21.5. The van der Waals surface area contributed by atoms with Crippen molar-refractivity contribution < 1.29 is 18.7 Å². The van der Waals surface area contributed by atoms with Gasteiger partial charge in [0.15, 0.2) is 0 Å². The Hall–Kier alpha value is -4.25. The average molecular weight is 418 g/mol. The smallest absolute Gasteiger partial charge is 0.337 e. The lowest BCUT2D eigenvalue weighted by atomic mass is 10.1. The second-order valence-corrected chi connectivity index (χ2v) is 6.50. The molecule has 7 nitrogen and oxygen atoms in total. The normalized spacial score (nSPS) is 10.6. The monoisotopic (exact) mass is 418 g/mol. The number of methoxy groups -OCH3 is 1. The summed E-state index contributed by atoms with van der Waals surface area (Å²) in [6.07, 6.45) is 4.97. The number of aromatic nitrogens is 2. The molecule has 156 valence electrons. The fraction of sp³-hybridized carbons (Fsp3) is 0.130. The average Bonchev–Trinajstić information content (AvgIpc) is 3.19. The fourth-order valence-corrected chi connectivity index (χ4v) is 2.83. The van der Waals surface area contributed by atoms with Gasteiger partial charge in [0.05, 0.1) is 37.4 Å². The molecule has 1 amide bonds. The Labute approximate surface area is 178 Å². The first-order valence-corrected chi connectivity index (χ1v) is 9.38. The Balaban J connectivity index is 1.77. The lowest BCUT2D eigenvalue weighted by molar-refractivity contribution is -0.111. The number of hydrogen-bond acceptors (Lipinski definition) is 5. The van der Waals surface area contributed by atoms with Gasteiger partial charge in [-0.15, -0.1) is 0 Å². The molecule has 0 radical (unpaired) electrons. The number of amides is 1. The fourth-order valence-electron chi connectivity index (χ4n) is 2.83. The van der Waals surface area contributed by atoms with E-state index in [-0.39, 0.29) is 18.1 Å². The minimum atomic E-state index is -0.459. The number of aryl methyl sites for hydroxylation is 1. The van der Waals surface area contributed by atoms with Crippen molar-refractivity contribution in [1.29, 1.82) is 5.26 Å². The maximum Gasteiger partial charge on any atom is 0.337 e. The maximum atomic E-state index is 13.3. The lowest BCUT2D eigenvalue weighted by Crippen LogP contribution is -2.08. The van der Waals surface area contributed by atoms with Crippen molar-refractivity contribution in [2.45, 2.75) is 13.0 Å². The van der Waals surface area contributed by atoms with Crippen LogP contribution < -0.4 is 5.32 Å². The number of anilines is 1. The van der Waals surface area contributed by atoms with E-state index in [0.717, 1.165) is 0 Å². The Morgan fingerprint density at radius 3 is 2.55 bits per heavy atom. The van der Waals surface area contributed by atoms with Gasteiger partial charge < -0.3 is 10.1 Å². The van der Waals surface area contributed by atoms with Crippen molar-refractivity contribution >= 4 is 23.6 Å². The Kier molecular flexibility index (Phi) is 6.91. The van der Waals surface area contributed by atoms with Crippen LogP contribution in [-0.4, -0.2) is 28.8 Å². The lowest BCUT2D eigenvalue weighted by Gasteiger charge is -2.03. The quantitative estimate of drug-likeness (QED) is 0.461. The van der Waals surface area contributed by atoms with Crippen LogP contribution in [0.5, 0.6) is 0 Å². The Morgan fingerprint density at radius 2 is 1.90 bits per heavy atom. The first-order chi connectivity index (χ1) is 15.0. The molecule has 0 atom stereocenters. The minimum Gasteiger partial charge on any atom is -0.465 e. The number of nitrogens with one attached hydrogen (secondary N) is 1. The van der Waals surface area contributed by atoms with Crippen molar-refractivity contribution in [2.75, 3.05) is 12.4 Å². The van der Waals surface area contributed by atoms with Crippen molar-refractivity contribution in [3.8, 4) is 17.3 Å². The topological polar surface area (TPSA) is 97.0 Å². The van der Waals surface area contributed by atoms with E-state index in [1.807, 2.05) is 0 Å². The molecule has 0 saturated heterocycles. The van der Waals surface area contributed by atoms with Crippen LogP contribution in [0.3, 0.4) is 0 Å². The predicted molar refractivity (Wildman–Crippen MR) is 113 cm³/mol. The van der Waals surface area contributed by atoms with Crippen LogP contribution in [0, 0.1) is 17.1 Å². The van der Waals surface area contributed by atoms with E-state index >= 15 is 0 Å². The van der Waals surface area contributed by atoms with Crippen molar-refractivity contribution in [3.05, 3.63) is 77.7 Å². The number of benzene rings is 2. The molecule has 1 heterocycles. The number of carbonyl (C=O) groups excluding carboxylic acids is 2. The Morgan fingerprint density at radius 1 is 1.19 bits per heavy atom. The summed E-state index contributed by atoms with van der Waals surface area (Å²) in [7, 11) is 1.30. The van der Waals surface area contributed by atoms with E-state index in [2.05, 4.69) is 21.2 Å². The molecule has 8 heteroatoms. The van der Waals surface area contributed by atoms with E-state index < -0.39 is 5.97 Å². The van der Waals surface area contributed by atoms with Crippen LogP contribution in [-0.2, 0) is 16.1 Å². The highest BCUT2D eigenvalue weighted by molar-refractivity contribution is 6.02.